The maximum Gasteiger partial charge on any atom is 0.210 e. The molecule has 0 radical (unpaired) electrons. The molecule has 0 spiro atoms. The number of para-hydroxylation sites is 3. The molecule has 9 heteroatoms. The molecule has 148 valence electrons. The lowest BCUT2D eigenvalue weighted by Gasteiger charge is -2.07. The van der Waals surface area contributed by atoms with Crippen LogP contribution in [0.4, 0.5) is 10.8 Å². The molecule has 2 heterocycles. The van der Waals surface area contributed by atoms with E-state index in [1.165, 1.54) is 11.3 Å². The van der Waals surface area contributed by atoms with Gasteiger partial charge in [0.1, 0.15) is 16.5 Å². The number of anilines is 2. The summed E-state index contributed by atoms with van der Waals surface area (Å²) in [7, 11) is 3.32. The van der Waals surface area contributed by atoms with E-state index in [-0.39, 0.29) is 0 Å². The van der Waals surface area contributed by atoms with Crippen molar-refractivity contribution in [2.45, 2.75) is 10.1 Å². The number of nitrogens with one attached hydrogen (secondary N) is 1. The van der Waals surface area contributed by atoms with E-state index in [9.17, 15) is 0 Å². The molecule has 0 aliphatic rings. The number of nitrogens with zero attached hydrogens (tertiary/aromatic N) is 3. The number of aromatic nitrogens is 3. The maximum atomic E-state index is 5.44. The van der Waals surface area contributed by atoms with Crippen LogP contribution in [-0.4, -0.2) is 29.4 Å². The first kappa shape index (κ1) is 19.7. The summed E-state index contributed by atoms with van der Waals surface area (Å²) in [5, 5.41) is 15.5. The third kappa shape index (κ3) is 4.69. The predicted octanol–water partition coefficient (Wildman–Crippen LogP) is 5.71. The molecule has 0 saturated carbocycles. The van der Waals surface area contributed by atoms with Gasteiger partial charge in [-0.05, 0) is 24.3 Å². The van der Waals surface area contributed by atoms with Gasteiger partial charge in [0, 0.05) is 11.1 Å². The molecule has 0 fully saturated rings. The van der Waals surface area contributed by atoms with Gasteiger partial charge in [-0.1, -0.05) is 47.4 Å². The average molecular weight is 443 g/mol. The largest absolute Gasteiger partial charge is 0.496 e. The highest BCUT2D eigenvalue weighted by Crippen LogP contribution is 2.35. The second-order valence-corrected chi connectivity index (χ2v) is 8.89. The van der Waals surface area contributed by atoms with Crippen molar-refractivity contribution >= 4 is 45.3 Å². The number of thiazole rings is 1. The van der Waals surface area contributed by atoms with Crippen molar-refractivity contribution in [1.82, 2.24) is 15.2 Å². The molecule has 2 aromatic carbocycles. The summed E-state index contributed by atoms with van der Waals surface area (Å²) in [6.45, 7) is 0. The molecule has 0 bridgehead atoms. The van der Waals surface area contributed by atoms with Gasteiger partial charge in [0.2, 0.25) is 5.13 Å². The molecular formula is C20H18N4O2S3. The second kappa shape index (κ2) is 9.25. The molecule has 6 nitrogen and oxygen atoms in total. The van der Waals surface area contributed by atoms with Gasteiger partial charge in [0.15, 0.2) is 4.34 Å². The van der Waals surface area contributed by atoms with Crippen LogP contribution in [0.5, 0.6) is 11.5 Å². The van der Waals surface area contributed by atoms with E-state index in [1.807, 2.05) is 48.5 Å². The molecular weight excluding hydrogens is 424 g/mol. The van der Waals surface area contributed by atoms with Gasteiger partial charge in [0.25, 0.3) is 0 Å². The summed E-state index contributed by atoms with van der Waals surface area (Å²) in [4.78, 5) is 4.74. The maximum absolute atomic E-state index is 5.44. The Balaban J connectivity index is 1.40. The van der Waals surface area contributed by atoms with E-state index in [0.29, 0.717) is 0 Å². The van der Waals surface area contributed by atoms with Crippen molar-refractivity contribution in [3.63, 3.8) is 0 Å². The Hall–Kier alpha value is -2.62. The van der Waals surface area contributed by atoms with E-state index in [0.717, 1.165) is 48.7 Å². The molecule has 4 rings (SSSR count). The third-order valence-corrected chi connectivity index (χ3v) is 6.92. The number of hydrogen-bond donors (Lipinski definition) is 1. The van der Waals surface area contributed by atoms with Crippen molar-refractivity contribution in [1.29, 1.82) is 0 Å². The van der Waals surface area contributed by atoms with Crippen LogP contribution in [-0.2, 0) is 5.75 Å². The number of ether oxygens (including phenoxy) is 2. The monoisotopic (exact) mass is 442 g/mol. The average Bonchev–Trinajstić information content (AvgIpc) is 3.42. The van der Waals surface area contributed by atoms with Crippen LogP contribution >= 0.6 is 34.4 Å². The number of thioether (sulfide) groups is 1. The summed E-state index contributed by atoms with van der Waals surface area (Å²) in [5.74, 6) is 2.33. The minimum absolute atomic E-state index is 0.727. The van der Waals surface area contributed by atoms with Gasteiger partial charge in [0.05, 0.1) is 31.2 Å². The summed E-state index contributed by atoms with van der Waals surface area (Å²) in [5.41, 5.74) is 2.88. The first-order valence-electron chi connectivity index (χ1n) is 8.71. The van der Waals surface area contributed by atoms with Crippen molar-refractivity contribution < 1.29 is 9.47 Å². The van der Waals surface area contributed by atoms with Gasteiger partial charge < -0.3 is 14.8 Å². The van der Waals surface area contributed by atoms with E-state index in [1.54, 1.807) is 37.3 Å². The van der Waals surface area contributed by atoms with Crippen molar-refractivity contribution in [2.24, 2.45) is 0 Å². The fourth-order valence-electron chi connectivity index (χ4n) is 2.64. The van der Waals surface area contributed by atoms with Crippen LogP contribution in [0.3, 0.4) is 0 Å². The summed E-state index contributed by atoms with van der Waals surface area (Å²) in [6.07, 6.45) is 0. The Morgan fingerprint density at radius 1 is 0.966 bits per heavy atom. The fourth-order valence-corrected chi connectivity index (χ4v) is 5.25. The summed E-state index contributed by atoms with van der Waals surface area (Å²) in [6, 6.07) is 15.6. The molecule has 1 N–H and O–H groups in total. The Kier molecular flexibility index (Phi) is 6.28. The van der Waals surface area contributed by atoms with Crippen molar-refractivity contribution in [3.8, 4) is 22.1 Å². The second-order valence-electron chi connectivity index (χ2n) is 5.83. The first-order chi connectivity index (χ1) is 14.3. The quantitative estimate of drug-likeness (QED) is 0.350. The van der Waals surface area contributed by atoms with Crippen molar-refractivity contribution in [3.05, 3.63) is 59.6 Å². The molecule has 0 saturated heterocycles. The molecule has 0 aliphatic carbocycles. The van der Waals surface area contributed by atoms with E-state index < -0.39 is 0 Å². The SMILES string of the molecule is COc1ccccc1Nc1nnc(SCc2csc(-c3ccccc3OC)n2)s1. The zero-order chi connectivity index (χ0) is 20.1. The minimum atomic E-state index is 0.727. The minimum Gasteiger partial charge on any atom is -0.496 e. The van der Waals surface area contributed by atoms with E-state index >= 15 is 0 Å². The lowest BCUT2D eigenvalue weighted by atomic mass is 10.2. The smallest absolute Gasteiger partial charge is 0.210 e. The molecule has 0 amide bonds. The van der Waals surface area contributed by atoms with Gasteiger partial charge in [-0.2, -0.15) is 0 Å². The highest BCUT2D eigenvalue weighted by atomic mass is 32.2. The highest BCUT2D eigenvalue weighted by Gasteiger charge is 2.12. The Labute approximate surface area is 181 Å². The first-order valence-corrected chi connectivity index (χ1v) is 11.4. The normalized spacial score (nSPS) is 10.7. The van der Waals surface area contributed by atoms with Gasteiger partial charge in [-0.3, -0.25) is 0 Å². The number of rotatable bonds is 8. The highest BCUT2D eigenvalue weighted by molar-refractivity contribution is 8.00. The van der Waals surface area contributed by atoms with Crippen LogP contribution in [0.15, 0.2) is 58.3 Å². The van der Waals surface area contributed by atoms with Gasteiger partial charge in [-0.25, -0.2) is 4.98 Å². The van der Waals surface area contributed by atoms with Crippen LogP contribution in [0.2, 0.25) is 0 Å². The van der Waals surface area contributed by atoms with Gasteiger partial charge >= 0.3 is 0 Å². The van der Waals surface area contributed by atoms with E-state index in [4.69, 9.17) is 14.5 Å². The van der Waals surface area contributed by atoms with Crippen LogP contribution in [0, 0.1) is 0 Å². The zero-order valence-corrected chi connectivity index (χ0v) is 18.2. The lowest BCUT2D eigenvalue weighted by Crippen LogP contribution is -1.93. The molecule has 4 aromatic rings. The van der Waals surface area contributed by atoms with Crippen LogP contribution in [0.1, 0.15) is 5.69 Å². The molecule has 0 atom stereocenters. The van der Waals surface area contributed by atoms with Crippen molar-refractivity contribution in [2.75, 3.05) is 19.5 Å². The Bertz CT molecular complexity index is 1100. The third-order valence-electron chi connectivity index (χ3n) is 3.99. The van der Waals surface area contributed by atoms with Crippen LogP contribution in [0.25, 0.3) is 10.6 Å². The summed E-state index contributed by atoms with van der Waals surface area (Å²) >= 11 is 4.74. The number of methoxy groups -OCH3 is 2. The predicted molar refractivity (Wildman–Crippen MR) is 120 cm³/mol. The van der Waals surface area contributed by atoms with E-state index in [2.05, 4.69) is 20.9 Å². The summed E-state index contributed by atoms with van der Waals surface area (Å²) < 4.78 is 11.7. The Morgan fingerprint density at radius 2 is 1.72 bits per heavy atom. The van der Waals surface area contributed by atoms with Crippen LogP contribution < -0.4 is 14.8 Å². The van der Waals surface area contributed by atoms with Gasteiger partial charge in [-0.15, -0.1) is 21.5 Å². The molecule has 2 aromatic heterocycles. The molecule has 29 heavy (non-hydrogen) atoms. The Morgan fingerprint density at radius 3 is 2.55 bits per heavy atom. The number of benzene rings is 2. The number of hydrogen-bond acceptors (Lipinski definition) is 9. The lowest BCUT2D eigenvalue weighted by molar-refractivity contribution is 0.416. The zero-order valence-electron chi connectivity index (χ0n) is 15.8. The molecule has 0 unspecified atom stereocenters. The molecule has 0 aliphatic heterocycles. The standard InChI is InChI=1S/C20H18N4O2S3/c1-25-16-9-5-3-7-14(16)18-21-13(11-27-18)12-28-20-24-23-19(29-20)22-15-8-4-6-10-17(15)26-2/h3-11H,12H2,1-2H3,(H,22,23). The fraction of sp³-hybridized carbons (Fsp3) is 0.150. The topological polar surface area (TPSA) is 69.2 Å².